The number of hydrogen-bond donors (Lipinski definition) is 2. The van der Waals surface area contributed by atoms with Crippen LogP contribution in [0.3, 0.4) is 0 Å². The second kappa shape index (κ2) is 7.79. The predicted molar refractivity (Wildman–Crippen MR) is 92.9 cm³/mol. The van der Waals surface area contributed by atoms with Gasteiger partial charge in [0.05, 0.1) is 6.54 Å². The van der Waals surface area contributed by atoms with E-state index in [1.165, 1.54) is 0 Å². The molecular weight excluding hydrogens is 318 g/mol. The Morgan fingerprint density at radius 1 is 1.20 bits per heavy atom. The number of ether oxygens (including phenoxy) is 1. The quantitative estimate of drug-likeness (QED) is 0.811. The molecule has 1 aliphatic rings. The van der Waals surface area contributed by atoms with Crippen LogP contribution in [-0.2, 0) is 16.1 Å². The van der Waals surface area contributed by atoms with Crippen LogP contribution in [0.4, 0.5) is 0 Å². The monoisotopic (exact) mass is 339 g/mol. The first kappa shape index (κ1) is 17.0. The Bertz CT molecular complexity index is 749. The standard InChI is InChI=1S/C19H21N3O3/c1-13-9-16(13)19(24)22-12-17(23)21-11-14-7-8-20-18(10-14)25-15-5-3-2-4-6-15/h2-8,10,13,16H,9,11-12H2,1H3,(H,21,23)(H,22,24)/t13-,16+/m1/s1. The molecule has 130 valence electrons. The Morgan fingerprint density at radius 3 is 2.68 bits per heavy atom. The molecule has 0 unspecified atom stereocenters. The molecule has 1 fully saturated rings. The van der Waals surface area contributed by atoms with Crippen molar-refractivity contribution < 1.29 is 14.3 Å². The molecule has 0 aliphatic heterocycles. The van der Waals surface area contributed by atoms with Gasteiger partial charge in [0.15, 0.2) is 0 Å². The van der Waals surface area contributed by atoms with Crippen LogP contribution in [0, 0.1) is 11.8 Å². The average molecular weight is 339 g/mol. The first-order chi connectivity index (χ1) is 12.1. The van der Waals surface area contributed by atoms with Gasteiger partial charge in [-0.2, -0.15) is 0 Å². The van der Waals surface area contributed by atoms with Crippen LogP contribution in [0.2, 0.25) is 0 Å². The molecule has 1 aromatic heterocycles. The fraction of sp³-hybridized carbons (Fsp3) is 0.316. The highest BCUT2D eigenvalue weighted by atomic mass is 16.5. The van der Waals surface area contributed by atoms with Crippen LogP contribution in [0.25, 0.3) is 0 Å². The summed E-state index contributed by atoms with van der Waals surface area (Å²) in [6.45, 7) is 2.38. The molecule has 6 nitrogen and oxygen atoms in total. The fourth-order valence-corrected chi connectivity index (χ4v) is 2.47. The Kier molecular flexibility index (Phi) is 5.28. The van der Waals surface area contributed by atoms with Gasteiger partial charge in [0, 0.05) is 24.7 Å². The van der Waals surface area contributed by atoms with E-state index in [2.05, 4.69) is 15.6 Å². The summed E-state index contributed by atoms with van der Waals surface area (Å²) in [4.78, 5) is 27.7. The van der Waals surface area contributed by atoms with Gasteiger partial charge in [0.25, 0.3) is 0 Å². The lowest BCUT2D eigenvalue weighted by atomic mass is 10.2. The SMILES string of the molecule is C[C@@H]1C[C@@H]1C(=O)NCC(=O)NCc1ccnc(Oc2ccccc2)c1. The number of pyridine rings is 1. The lowest BCUT2D eigenvalue weighted by molar-refractivity contribution is -0.127. The third-order valence-electron chi connectivity index (χ3n) is 4.12. The fourth-order valence-electron chi connectivity index (χ4n) is 2.47. The van der Waals surface area contributed by atoms with Gasteiger partial charge in [-0.05, 0) is 36.1 Å². The zero-order chi connectivity index (χ0) is 17.6. The van der Waals surface area contributed by atoms with E-state index in [1.54, 1.807) is 12.3 Å². The molecule has 1 heterocycles. The van der Waals surface area contributed by atoms with Crippen LogP contribution in [0.1, 0.15) is 18.9 Å². The third-order valence-corrected chi connectivity index (χ3v) is 4.12. The minimum Gasteiger partial charge on any atom is -0.439 e. The van der Waals surface area contributed by atoms with E-state index >= 15 is 0 Å². The number of aromatic nitrogens is 1. The Balaban J connectivity index is 1.45. The van der Waals surface area contributed by atoms with Crippen LogP contribution in [0.15, 0.2) is 48.7 Å². The molecule has 1 aromatic carbocycles. The number of hydrogen-bond acceptors (Lipinski definition) is 4. The molecule has 0 saturated heterocycles. The summed E-state index contributed by atoms with van der Waals surface area (Å²) in [7, 11) is 0. The van der Waals surface area contributed by atoms with Gasteiger partial charge in [0.1, 0.15) is 5.75 Å². The van der Waals surface area contributed by atoms with Crippen molar-refractivity contribution in [2.24, 2.45) is 11.8 Å². The summed E-state index contributed by atoms with van der Waals surface area (Å²) in [5, 5.41) is 5.45. The number of nitrogens with one attached hydrogen (secondary N) is 2. The number of benzene rings is 1. The maximum atomic E-state index is 11.8. The maximum absolute atomic E-state index is 11.8. The van der Waals surface area contributed by atoms with Crippen LogP contribution in [-0.4, -0.2) is 23.3 Å². The van der Waals surface area contributed by atoms with Gasteiger partial charge in [-0.3, -0.25) is 9.59 Å². The number of carbonyl (C=O) groups is 2. The number of carbonyl (C=O) groups excluding carboxylic acids is 2. The van der Waals surface area contributed by atoms with E-state index in [1.807, 2.05) is 43.3 Å². The number of rotatable bonds is 7. The van der Waals surface area contributed by atoms with E-state index < -0.39 is 0 Å². The van der Waals surface area contributed by atoms with Crippen molar-refractivity contribution in [1.82, 2.24) is 15.6 Å². The Morgan fingerprint density at radius 2 is 1.96 bits per heavy atom. The molecule has 6 heteroatoms. The number of amides is 2. The molecule has 2 N–H and O–H groups in total. The topological polar surface area (TPSA) is 80.3 Å². The highest BCUT2D eigenvalue weighted by molar-refractivity contribution is 5.87. The first-order valence-electron chi connectivity index (χ1n) is 8.34. The minimum atomic E-state index is -0.219. The Labute approximate surface area is 146 Å². The lowest BCUT2D eigenvalue weighted by Gasteiger charge is -2.08. The average Bonchev–Trinajstić information content (AvgIpc) is 3.36. The zero-order valence-corrected chi connectivity index (χ0v) is 14.1. The van der Waals surface area contributed by atoms with Crippen molar-refractivity contribution in [2.75, 3.05) is 6.54 Å². The highest BCUT2D eigenvalue weighted by Gasteiger charge is 2.38. The molecule has 25 heavy (non-hydrogen) atoms. The summed E-state index contributed by atoms with van der Waals surface area (Å²) in [6.07, 6.45) is 2.55. The molecule has 1 aliphatic carbocycles. The van der Waals surface area contributed by atoms with E-state index in [-0.39, 0.29) is 24.3 Å². The zero-order valence-electron chi connectivity index (χ0n) is 14.1. The molecule has 0 radical (unpaired) electrons. The van der Waals surface area contributed by atoms with E-state index in [0.717, 1.165) is 12.0 Å². The highest BCUT2D eigenvalue weighted by Crippen LogP contribution is 2.37. The lowest BCUT2D eigenvalue weighted by Crippen LogP contribution is -2.37. The van der Waals surface area contributed by atoms with Crippen molar-refractivity contribution in [3.63, 3.8) is 0 Å². The van der Waals surface area contributed by atoms with Gasteiger partial charge < -0.3 is 15.4 Å². The van der Waals surface area contributed by atoms with Gasteiger partial charge in [-0.1, -0.05) is 25.1 Å². The van der Waals surface area contributed by atoms with Gasteiger partial charge in [0.2, 0.25) is 17.7 Å². The van der Waals surface area contributed by atoms with Crippen molar-refractivity contribution in [3.8, 4) is 11.6 Å². The van der Waals surface area contributed by atoms with Crippen LogP contribution >= 0.6 is 0 Å². The number of para-hydroxylation sites is 1. The van der Waals surface area contributed by atoms with Crippen molar-refractivity contribution in [2.45, 2.75) is 19.9 Å². The smallest absolute Gasteiger partial charge is 0.239 e. The third kappa shape index (κ3) is 5.04. The van der Waals surface area contributed by atoms with Crippen molar-refractivity contribution >= 4 is 11.8 Å². The normalized spacial score (nSPS) is 18.3. The first-order valence-corrected chi connectivity index (χ1v) is 8.34. The maximum Gasteiger partial charge on any atom is 0.239 e. The van der Waals surface area contributed by atoms with E-state index in [9.17, 15) is 9.59 Å². The molecule has 0 bridgehead atoms. The molecule has 2 aromatic rings. The second-order valence-electron chi connectivity index (χ2n) is 6.23. The minimum absolute atomic E-state index is 0.000505. The van der Waals surface area contributed by atoms with Crippen molar-refractivity contribution in [3.05, 3.63) is 54.2 Å². The van der Waals surface area contributed by atoms with Gasteiger partial charge in [-0.15, -0.1) is 0 Å². The largest absolute Gasteiger partial charge is 0.439 e. The Hall–Kier alpha value is -2.89. The van der Waals surface area contributed by atoms with E-state index in [0.29, 0.717) is 24.1 Å². The molecular formula is C19H21N3O3. The summed E-state index contributed by atoms with van der Waals surface area (Å²) in [5.41, 5.74) is 0.872. The molecule has 2 amide bonds. The molecule has 3 rings (SSSR count). The van der Waals surface area contributed by atoms with Crippen molar-refractivity contribution in [1.29, 1.82) is 0 Å². The van der Waals surface area contributed by atoms with Crippen LogP contribution < -0.4 is 15.4 Å². The summed E-state index contributed by atoms with van der Waals surface area (Å²) >= 11 is 0. The molecule has 1 saturated carbocycles. The second-order valence-corrected chi connectivity index (χ2v) is 6.23. The summed E-state index contributed by atoms with van der Waals surface area (Å²) in [5.74, 6) is 1.42. The predicted octanol–water partition coefficient (Wildman–Crippen LogP) is 2.26. The van der Waals surface area contributed by atoms with Gasteiger partial charge in [-0.25, -0.2) is 4.98 Å². The molecule has 0 spiro atoms. The van der Waals surface area contributed by atoms with E-state index in [4.69, 9.17) is 4.74 Å². The molecule has 2 atom stereocenters. The number of nitrogens with zero attached hydrogens (tertiary/aromatic N) is 1. The van der Waals surface area contributed by atoms with Crippen LogP contribution in [0.5, 0.6) is 11.6 Å². The van der Waals surface area contributed by atoms with Gasteiger partial charge >= 0.3 is 0 Å². The summed E-state index contributed by atoms with van der Waals surface area (Å²) < 4.78 is 5.67. The summed E-state index contributed by atoms with van der Waals surface area (Å²) in [6, 6.07) is 13.0.